The van der Waals surface area contributed by atoms with E-state index in [1.807, 2.05) is 0 Å². The summed E-state index contributed by atoms with van der Waals surface area (Å²) in [4.78, 5) is 23.6. The largest absolute Gasteiger partial charge is 0.439 e. The second-order valence-corrected chi connectivity index (χ2v) is 9.26. The molecule has 2 N–H and O–H groups in total. The molecule has 0 saturated carbocycles. The number of primary sulfonamides is 1. The Hall–Kier alpha value is -2.02. The van der Waals surface area contributed by atoms with E-state index in [-0.39, 0.29) is 42.0 Å². The average Bonchev–Trinajstić information content (AvgIpc) is 2.80. The lowest BCUT2D eigenvalue weighted by molar-refractivity contribution is -0.126. The fourth-order valence-electron chi connectivity index (χ4n) is 2.60. The van der Waals surface area contributed by atoms with Crippen molar-refractivity contribution in [2.24, 2.45) is 11.1 Å². The third kappa shape index (κ3) is 3.38. The van der Waals surface area contributed by atoms with E-state index in [1.54, 1.807) is 0 Å². The van der Waals surface area contributed by atoms with Crippen molar-refractivity contribution in [3.05, 3.63) is 24.3 Å². The van der Waals surface area contributed by atoms with Crippen LogP contribution in [0.5, 0.6) is 0 Å². The van der Waals surface area contributed by atoms with Gasteiger partial charge in [0, 0.05) is 25.6 Å². The van der Waals surface area contributed by atoms with Gasteiger partial charge in [0.25, 0.3) is 5.91 Å². The highest BCUT2D eigenvalue weighted by molar-refractivity contribution is 7.89. The van der Waals surface area contributed by atoms with Crippen molar-refractivity contribution >= 4 is 32.0 Å². The van der Waals surface area contributed by atoms with Gasteiger partial charge < -0.3 is 4.74 Å². The highest BCUT2D eigenvalue weighted by Crippen LogP contribution is 2.27. The fraction of sp³-hybridized carbons (Fsp3) is 0.385. The van der Waals surface area contributed by atoms with Gasteiger partial charge in [0.2, 0.25) is 20.0 Å². The Morgan fingerprint density at radius 1 is 1.04 bits per heavy atom. The number of ether oxygens (including phenoxy) is 1. The first-order valence-corrected chi connectivity index (χ1v) is 10.2. The number of carbonyl (C=O) groups is 2. The van der Waals surface area contributed by atoms with Crippen LogP contribution >= 0.6 is 0 Å². The zero-order valence-electron chi connectivity index (χ0n) is 12.9. The molecule has 1 aromatic rings. The number of benzene rings is 1. The molecular weight excluding hydrogens is 374 g/mol. The van der Waals surface area contributed by atoms with Crippen molar-refractivity contribution in [3.8, 4) is 0 Å². The standard InChI is InChI=1S/C13H15N3O7S2/c14-24(19,20)10-1-3-11(4-2-10)25(21,22)15-5-9(6-15)7-16-12(17)8-23-13(16)18/h1-4,9H,5-8H2,(H2,14,19,20). The van der Waals surface area contributed by atoms with Gasteiger partial charge in [-0.05, 0) is 24.3 Å². The van der Waals surface area contributed by atoms with Crippen molar-refractivity contribution in [1.29, 1.82) is 0 Å². The maximum atomic E-state index is 12.5. The topological polar surface area (TPSA) is 144 Å². The number of imide groups is 1. The normalized spacial score (nSPS) is 19.8. The molecule has 3 rings (SSSR count). The molecule has 0 aliphatic carbocycles. The molecule has 1 aromatic carbocycles. The van der Waals surface area contributed by atoms with Gasteiger partial charge in [-0.25, -0.2) is 31.7 Å². The smallest absolute Gasteiger partial charge is 0.417 e. The van der Waals surface area contributed by atoms with Crippen LogP contribution in [0.2, 0.25) is 0 Å². The minimum atomic E-state index is -3.90. The van der Waals surface area contributed by atoms with Gasteiger partial charge in [0.05, 0.1) is 9.79 Å². The average molecular weight is 389 g/mol. The summed E-state index contributed by atoms with van der Waals surface area (Å²) in [5.41, 5.74) is 0. The Balaban J connectivity index is 1.65. The molecule has 2 heterocycles. The summed E-state index contributed by atoms with van der Waals surface area (Å²) in [6, 6.07) is 4.59. The van der Waals surface area contributed by atoms with E-state index in [9.17, 15) is 26.4 Å². The van der Waals surface area contributed by atoms with Gasteiger partial charge in [-0.3, -0.25) is 4.79 Å². The Labute approximate surface area is 144 Å². The molecule has 0 radical (unpaired) electrons. The molecule has 2 aliphatic rings. The number of cyclic esters (lactones) is 1. The molecule has 2 saturated heterocycles. The first-order chi connectivity index (χ1) is 11.6. The molecule has 2 fully saturated rings. The van der Waals surface area contributed by atoms with Crippen LogP contribution < -0.4 is 5.14 Å². The monoisotopic (exact) mass is 389 g/mol. The van der Waals surface area contributed by atoms with Crippen LogP contribution in [-0.2, 0) is 29.6 Å². The number of sulfonamides is 2. The van der Waals surface area contributed by atoms with Crippen LogP contribution in [0.25, 0.3) is 0 Å². The molecule has 12 heteroatoms. The summed E-state index contributed by atoms with van der Waals surface area (Å²) in [5.74, 6) is -0.613. The highest BCUT2D eigenvalue weighted by atomic mass is 32.2. The predicted octanol–water partition coefficient (Wildman–Crippen LogP) is -1.07. The third-order valence-electron chi connectivity index (χ3n) is 4.00. The molecule has 0 spiro atoms. The van der Waals surface area contributed by atoms with E-state index < -0.39 is 32.0 Å². The molecule has 0 bridgehead atoms. The maximum Gasteiger partial charge on any atom is 0.417 e. The highest BCUT2D eigenvalue weighted by Gasteiger charge is 2.41. The van der Waals surface area contributed by atoms with Gasteiger partial charge in [0.1, 0.15) is 0 Å². The summed E-state index contributed by atoms with van der Waals surface area (Å²) in [6.07, 6.45) is -0.718. The molecule has 0 atom stereocenters. The molecule has 25 heavy (non-hydrogen) atoms. The summed E-state index contributed by atoms with van der Waals surface area (Å²) < 4.78 is 53.1. The molecule has 0 aromatic heterocycles. The van der Waals surface area contributed by atoms with Gasteiger partial charge in [-0.2, -0.15) is 4.31 Å². The van der Waals surface area contributed by atoms with E-state index in [4.69, 9.17) is 5.14 Å². The van der Waals surface area contributed by atoms with E-state index in [0.29, 0.717) is 0 Å². The van der Waals surface area contributed by atoms with Gasteiger partial charge in [0.15, 0.2) is 6.61 Å². The number of rotatable bonds is 5. The number of amides is 2. The summed E-state index contributed by atoms with van der Waals surface area (Å²) in [6.45, 7) is 0.116. The number of carbonyl (C=O) groups excluding carboxylic acids is 2. The lowest BCUT2D eigenvalue weighted by Gasteiger charge is -2.39. The Morgan fingerprint density at radius 3 is 2.08 bits per heavy atom. The molecule has 0 unspecified atom stereocenters. The number of hydrogen-bond donors (Lipinski definition) is 1. The van der Waals surface area contributed by atoms with E-state index in [1.165, 1.54) is 16.4 Å². The minimum absolute atomic E-state index is 0.0602. The van der Waals surface area contributed by atoms with Gasteiger partial charge in [-0.1, -0.05) is 0 Å². The summed E-state index contributed by atoms with van der Waals surface area (Å²) >= 11 is 0. The van der Waals surface area contributed by atoms with Gasteiger partial charge >= 0.3 is 6.09 Å². The number of nitrogens with two attached hydrogens (primary N) is 1. The number of nitrogens with zero attached hydrogens (tertiary/aromatic N) is 2. The summed E-state index contributed by atoms with van der Waals surface area (Å²) in [5, 5.41) is 4.97. The second kappa shape index (κ2) is 6.05. The summed E-state index contributed by atoms with van der Waals surface area (Å²) in [7, 11) is -7.68. The Morgan fingerprint density at radius 2 is 1.60 bits per heavy atom. The van der Waals surface area contributed by atoms with E-state index in [0.717, 1.165) is 17.0 Å². The zero-order chi connectivity index (χ0) is 18.4. The third-order valence-corrected chi connectivity index (χ3v) is 6.77. The molecule has 2 aliphatic heterocycles. The first kappa shape index (κ1) is 17.8. The maximum absolute atomic E-state index is 12.5. The van der Waals surface area contributed by atoms with Gasteiger partial charge in [-0.15, -0.1) is 0 Å². The molecule has 10 nitrogen and oxygen atoms in total. The van der Waals surface area contributed by atoms with Crippen LogP contribution in [0.1, 0.15) is 0 Å². The van der Waals surface area contributed by atoms with Crippen LogP contribution in [-0.4, -0.2) is 64.3 Å². The van der Waals surface area contributed by atoms with Crippen molar-refractivity contribution in [3.63, 3.8) is 0 Å². The predicted molar refractivity (Wildman–Crippen MR) is 83.1 cm³/mol. The van der Waals surface area contributed by atoms with Crippen LogP contribution in [0.3, 0.4) is 0 Å². The lowest BCUT2D eigenvalue weighted by atomic mass is 10.0. The second-order valence-electron chi connectivity index (χ2n) is 5.76. The molecule has 136 valence electrons. The molecule has 2 amide bonds. The quantitative estimate of drug-likeness (QED) is 0.675. The minimum Gasteiger partial charge on any atom is -0.439 e. The van der Waals surface area contributed by atoms with E-state index >= 15 is 0 Å². The Bertz CT molecular complexity index is 903. The van der Waals surface area contributed by atoms with E-state index in [2.05, 4.69) is 4.74 Å². The van der Waals surface area contributed by atoms with Crippen molar-refractivity contribution in [1.82, 2.24) is 9.21 Å². The van der Waals surface area contributed by atoms with Crippen LogP contribution in [0, 0.1) is 5.92 Å². The zero-order valence-corrected chi connectivity index (χ0v) is 14.5. The van der Waals surface area contributed by atoms with Crippen molar-refractivity contribution in [2.45, 2.75) is 9.79 Å². The van der Waals surface area contributed by atoms with Crippen molar-refractivity contribution in [2.75, 3.05) is 26.2 Å². The van der Waals surface area contributed by atoms with Crippen LogP contribution in [0.4, 0.5) is 4.79 Å². The Kier molecular flexibility index (Phi) is 4.31. The molecular formula is C13H15N3O7S2. The first-order valence-electron chi connectivity index (χ1n) is 7.19. The SMILES string of the molecule is NS(=O)(=O)c1ccc(S(=O)(=O)N2CC(CN3C(=O)COC3=O)C2)cc1. The lowest BCUT2D eigenvalue weighted by Crippen LogP contribution is -2.54. The fourth-order valence-corrected chi connectivity index (χ4v) is 4.71. The number of hydrogen-bond acceptors (Lipinski definition) is 7. The van der Waals surface area contributed by atoms with Crippen molar-refractivity contribution < 1.29 is 31.2 Å². The van der Waals surface area contributed by atoms with Crippen LogP contribution in [0.15, 0.2) is 34.1 Å².